The smallest absolute Gasteiger partial charge is 0.344 e. The van der Waals surface area contributed by atoms with Crippen LogP contribution in [0.3, 0.4) is 0 Å². The quantitative estimate of drug-likeness (QED) is 0.768. The SMILES string of the molecule is COc1ccc(C(F)C(=O)O)nc1. The largest absolute Gasteiger partial charge is 0.495 e. The van der Waals surface area contributed by atoms with Gasteiger partial charge in [0.25, 0.3) is 0 Å². The molecule has 0 aromatic carbocycles. The normalized spacial score (nSPS) is 12.2. The van der Waals surface area contributed by atoms with Crippen molar-refractivity contribution in [3.05, 3.63) is 24.0 Å². The number of alkyl halides is 1. The van der Waals surface area contributed by atoms with Gasteiger partial charge in [0.15, 0.2) is 0 Å². The topological polar surface area (TPSA) is 59.4 Å². The van der Waals surface area contributed by atoms with E-state index in [4.69, 9.17) is 9.84 Å². The van der Waals surface area contributed by atoms with Crippen molar-refractivity contribution >= 4 is 5.97 Å². The van der Waals surface area contributed by atoms with E-state index in [1.807, 2.05) is 0 Å². The summed E-state index contributed by atoms with van der Waals surface area (Å²) in [5.41, 5.74) is -0.131. The summed E-state index contributed by atoms with van der Waals surface area (Å²) in [6, 6.07) is 2.73. The number of carboxylic acids is 1. The Bertz CT molecular complexity index is 299. The number of carbonyl (C=O) groups is 1. The molecular weight excluding hydrogens is 177 g/mol. The Kier molecular flexibility index (Phi) is 2.79. The van der Waals surface area contributed by atoms with Crippen LogP contribution in [-0.2, 0) is 4.79 Å². The third kappa shape index (κ3) is 2.14. The molecule has 1 atom stereocenters. The van der Waals surface area contributed by atoms with Crippen LogP contribution in [0.5, 0.6) is 5.75 Å². The van der Waals surface area contributed by atoms with E-state index in [9.17, 15) is 9.18 Å². The fourth-order valence-electron chi connectivity index (χ4n) is 0.789. The predicted octanol–water partition coefficient (Wildman–Crippen LogP) is 1.19. The Hall–Kier alpha value is -1.65. The zero-order valence-corrected chi connectivity index (χ0v) is 6.90. The fourth-order valence-corrected chi connectivity index (χ4v) is 0.789. The second kappa shape index (κ2) is 3.84. The highest BCUT2D eigenvalue weighted by Crippen LogP contribution is 2.17. The van der Waals surface area contributed by atoms with Gasteiger partial charge in [0.2, 0.25) is 6.17 Å². The molecule has 4 nitrogen and oxygen atoms in total. The number of methoxy groups -OCH3 is 1. The van der Waals surface area contributed by atoms with Gasteiger partial charge < -0.3 is 9.84 Å². The number of halogens is 1. The van der Waals surface area contributed by atoms with E-state index >= 15 is 0 Å². The lowest BCUT2D eigenvalue weighted by atomic mass is 10.2. The molecule has 0 radical (unpaired) electrons. The summed E-state index contributed by atoms with van der Waals surface area (Å²) >= 11 is 0. The number of nitrogens with zero attached hydrogens (tertiary/aromatic N) is 1. The van der Waals surface area contributed by atoms with Gasteiger partial charge in [0.05, 0.1) is 19.0 Å². The van der Waals surface area contributed by atoms with Crippen molar-refractivity contribution in [1.82, 2.24) is 4.98 Å². The third-order valence-corrected chi connectivity index (χ3v) is 1.47. The molecule has 0 amide bonds. The molecule has 1 N–H and O–H groups in total. The second-order valence-electron chi connectivity index (χ2n) is 2.32. The maximum absolute atomic E-state index is 12.8. The number of ether oxygens (including phenoxy) is 1. The van der Waals surface area contributed by atoms with Crippen molar-refractivity contribution < 1.29 is 19.0 Å². The summed E-state index contributed by atoms with van der Waals surface area (Å²) in [5, 5.41) is 8.32. The molecule has 0 saturated carbocycles. The van der Waals surface area contributed by atoms with E-state index in [0.29, 0.717) is 5.75 Å². The van der Waals surface area contributed by atoms with Gasteiger partial charge in [-0.25, -0.2) is 9.18 Å². The lowest BCUT2D eigenvalue weighted by Gasteiger charge is -2.03. The van der Waals surface area contributed by atoms with Gasteiger partial charge in [-0.2, -0.15) is 0 Å². The van der Waals surface area contributed by atoms with Crippen LogP contribution in [0.25, 0.3) is 0 Å². The van der Waals surface area contributed by atoms with Crippen molar-refractivity contribution in [2.45, 2.75) is 6.17 Å². The molecule has 0 spiro atoms. The van der Waals surface area contributed by atoms with E-state index in [-0.39, 0.29) is 5.69 Å². The molecule has 1 unspecified atom stereocenters. The second-order valence-corrected chi connectivity index (χ2v) is 2.32. The van der Waals surface area contributed by atoms with Crippen LogP contribution in [0.15, 0.2) is 18.3 Å². The maximum Gasteiger partial charge on any atom is 0.344 e. The highest BCUT2D eigenvalue weighted by molar-refractivity contribution is 5.73. The van der Waals surface area contributed by atoms with Crippen molar-refractivity contribution in [2.24, 2.45) is 0 Å². The average Bonchev–Trinajstić information content (AvgIpc) is 2.17. The number of pyridine rings is 1. The summed E-state index contributed by atoms with van der Waals surface area (Å²) < 4.78 is 17.6. The van der Waals surface area contributed by atoms with Crippen molar-refractivity contribution in [3.8, 4) is 5.75 Å². The number of hydrogen-bond acceptors (Lipinski definition) is 3. The van der Waals surface area contributed by atoms with Gasteiger partial charge in [-0.15, -0.1) is 0 Å². The minimum atomic E-state index is -2.08. The zero-order chi connectivity index (χ0) is 9.84. The maximum atomic E-state index is 12.8. The summed E-state index contributed by atoms with van der Waals surface area (Å²) in [5.74, 6) is -1.08. The Labute approximate surface area is 74.0 Å². The highest BCUT2D eigenvalue weighted by atomic mass is 19.1. The number of aliphatic carboxylic acids is 1. The molecule has 0 fully saturated rings. The van der Waals surface area contributed by atoms with E-state index in [0.717, 1.165) is 0 Å². The number of hydrogen-bond donors (Lipinski definition) is 1. The molecule has 5 heteroatoms. The van der Waals surface area contributed by atoms with E-state index < -0.39 is 12.1 Å². The van der Waals surface area contributed by atoms with E-state index in [1.165, 1.54) is 25.4 Å². The number of carboxylic acid groups (broad SMARTS) is 1. The Morgan fingerprint density at radius 3 is 2.77 bits per heavy atom. The van der Waals surface area contributed by atoms with Gasteiger partial charge >= 0.3 is 5.97 Å². The van der Waals surface area contributed by atoms with Gasteiger partial charge in [-0.3, -0.25) is 4.98 Å². The minimum absolute atomic E-state index is 0.131. The molecule has 13 heavy (non-hydrogen) atoms. The first kappa shape index (κ1) is 9.44. The Morgan fingerprint density at radius 1 is 1.69 bits per heavy atom. The fraction of sp³-hybridized carbons (Fsp3) is 0.250. The lowest BCUT2D eigenvalue weighted by molar-refractivity contribution is -0.143. The van der Waals surface area contributed by atoms with Gasteiger partial charge in [-0.1, -0.05) is 0 Å². The van der Waals surface area contributed by atoms with Crippen LogP contribution in [0.2, 0.25) is 0 Å². The minimum Gasteiger partial charge on any atom is -0.495 e. The molecular formula is C8H8FNO3. The first-order valence-electron chi connectivity index (χ1n) is 3.52. The van der Waals surface area contributed by atoms with Crippen LogP contribution >= 0.6 is 0 Å². The Morgan fingerprint density at radius 2 is 2.38 bits per heavy atom. The Balaban J connectivity index is 2.85. The van der Waals surface area contributed by atoms with Crippen molar-refractivity contribution in [2.75, 3.05) is 7.11 Å². The van der Waals surface area contributed by atoms with E-state index in [2.05, 4.69) is 4.98 Å². The number of aromatic nitrogens is 1. The molecule has 1 rings (SSSR count). The van der Waals surface area contributed by atoms with Gasteiger partial charge in [0.1, 0.15) is 5.75 Å². The molecule has 0 aliphatic rings. The monoisotopic (exact) mass is 185 g/mol. The standard InChI is InChI=1S/C8H8FNO3/c1-13-5-2-3-6(10-4-5)7(9)8(11)12/h2-4,7H,1H3,(H,11,12). The summed E-state index contributed by atoms with van der Waals surface area (Å²) in [4.78, 5) is 13.8. The molecule has 1 heterocycles. The van der Waals surface area contributed by atoms with Crippen LogP contribution in [0.4, 0.5) is 4.39 Å². The molecule has 1 aromatic heterocycles. The first-order chi connectivity index (χ1) is 6.15. The summed E-state index contributed by atoms with van der Waals surface area (Å²) in [7, 11) is 1.45. The summed E-state index contributed by atoms with van der Waals surface area (Å²) in [6.45, 7) is 0. The predicted molar refractivity (Wildman–Crippen MR) is 42.3 cm³/mol. The molecule has 0 aliphatic heterocycles. The molecule has 70 valence electrons. The third-order valence-electron chi connectivity index (χ3n) is 1.47. The highest BCUT2D eigenvalue weighted by Gasteiger charge is 2.19. The molecule has 0 aliphatic carbocycles. The summed E-state index contributed by atoms with van der Waals surface area (Å²) in [6.07, 6.45) is -0.809. The molecule has 0 saturated heterocycles. The van der Waals surface area contributed by atoms with Crippen molar-refractivity contribution in [3.63, 3.8) is 0 Å². The van der Waals surface area contributed by atoms with Crippen LogP contribution in [0.1, 0.15) is 11.9 Å². The van der Waals surface area contributed by atoms with Crippen LogP contribution in [-0.4, -0.2) is 23.2 Å². The molecule has 0 bridgehead atoms. The van der Waals surface area contributed by atoms with E-state index in [1.54, 1.807) is 0 Å². The van der Waals surface area contributed by atoms with Gasteiger partial charge in [-0.05, 0) is 12.1 Å². The average molecular weight is 185 g/mol. The van der Waals surface area contributed by atoms with Crippen molar-refractivity contribution in [1.29, 1.82) is 0 Å². The lowest BCUT2D eigenvalue weighted by Crippen LogP contribution is -2.07. The van der Waals surface area contributed by atoms with Gasteiger partial charge in [0, 0.05) is 0 Å². The van der Waals surface area contributed by atoms with Crippen LogP contribution < -0.4 is 4.74 Å². The number of rotatable bonds is 3. The van der Waals surface area contributed by atoms with Crippen LogP contribution in [0, 0.1) is 0 Å². The molecule has 1 aromatic rings. The first-order valence-corrected chi connectivity index (χ1v) is 3.52. The zero-order valence-electron chi connectivity index (χ0n) is 6.90.